The Hall–Kier alpha value is -2.57. The molecule has 2 aliphatic rings. The van der Waals surface area contributed by atoms with Gasteiger partial charge in [0.1, 0.15) is 5.54 Å². The second-order valence-electron chi connectivity index (χ2n) is 8.28. The van der Waals surface area contributed by atoms with Crippen LogP contribution in [0.3, 0.4) is 0 Å². The molecule has 164 valence electrons. The van der Waals surface area contributed by atoms with Crippen molar-refractivity contribution in [3.63, 3.8) is 0 Å². The van der Waals surface area contributed by atoms with Crippen LogP contribution < -0.4 is 9.80 Å². The van der Waals surface area contributed by atoms with Gasteiger partial charge in [0.2, 0.25) is 0 Å². The first-order chi connectivity index (χ1) is 15.4. The number of urea groups is 1. The number of amides is 2. The van der Waals surface area contributed by atoms with E-state index in [1.165, 1.54) is 4.90 Å². The van der Waals surface area contributed by atoms with Crippen molar-refractivity contribution in [1.82, 2.24) is 0 Å². The fourth-order valence-electron chi connectivity index (χ4n) is 4.89. The number of halogens is 2. The summed E-state index contributed by atoms with van der Waals surface area (Å²) in [5.41, 5.74) is 0.0885. The van der Waals surface area contributed by atoms with Crippen molar-refractivity contribution in [2.24, 2.45) is 0 Å². The van der Waals surface area contributed by atoms with E-state index in [0.717, 1.165) is 5.56 Å². The van der Waals surface area contributed by atoms with Crippen LogP contribution >= 0.6 is 23.2 Å². The van der Waals surface area contributed by atoms with E-state index in [1.807, 2.05) is 31.2 Å². The van der Waals surface area contributed by atoms with Gasteiger partial charge in [0, 0.05) is 40.0 Å². The molecule has 2 amide bonds. The van der Waals surface area contributed by atoms with E-state index in [0.29, 0.717) is 40.0 Å². The van der Waals surface area contributed by atoms with Crippen molar-refractivity contribution in [2.75, 3.05) is 23.0 Å². The summed E-state index contributed by atoms with van der Waals surface area (Å²) in [6.45, 7) is 2.58. The van der Waals surface area contributed by atoms with Crippen LogP contribution in [-0.4, -0.2) is 29.9 Å². The van der Waals surface area contributed by atoms with E-state index < -0.39 is 11.3 Å². The molecule has 2 heterocycles. The summed E-state index contributed by atoms with van der Waals surface area (Å²) in [6.07, 6.45) is 0.468. The van der Waals surface area contributed by atoms with Gasteiger partial charge in [-0.3, -0.25) is 9.80 Å². The predicted octanol–water partition coefficient (Wildman–Crippen LogP) is 5.75. The van der Waals surface area contributed by atoms with Crippen LogP contribution in [0.5, 0.6) is 0 Å². The number of rotatable bonds is 3. The Labute approximate surface area is 196 Å². The van der Waals surface area contributed by atoms with Crippen LogP contribution in [0.2, 0.25) is 10.0 Å². The van der Waals surface area contributed by atoms with Crippen molar-refractivity contribution in [2.45, 2.75) is 24.6 Å². The van der Waals surface area contributed by atoms with Gasteiger partial charge < -0.3 is 9.84 Å². The standard InChI is InChI=1S/C25H22Cl2N2O3/c1-17-3-2-4-18(15-17)25(31)24(13-14-32-16-24)28(21-9-5-19(26)6-10-21)23(30)29(25)22-11-7-20(27)8-12-22/h2-12,15,31H,13-14,16H2,1H3/t24-,25-/m0/s1. The molecule has 0 radical (unpaired) electrons. The average molecular weight is 469 g/mol. The number of aryl methyl sites for hydroxylation is 1. The zero-order valence-corrected chi connectivity index (χ0v) is 19.0. The number of hydrogen-bond donors (Lipinski definition) is 1. The lowest BCUT2D eigenvalue weighted by Gasteiger charge is -2.44. The summed E-state index contributed by atoms with van der Waals surface area (Å²) in [7, 11) is 0. The van der Waals surface area contributed by atoms with E-state index in [4.69, 9.17) is 27.9 Å². The summed E-state index contributed by atoms with van der Waals surface area (Å²) in [4.78, 5) is 17.2. The Kier molecular flexibility index (Phi) is 5.18. The molecule has 2 atom stereocenters. The van der Waals surface area contributed by atoms with Crippen molar-refractivity contribution in [1.29, 1.82) is 0 Å². The third-order valence-corrected chi connectivity index (χ3v) is 6.88. The topological polar surface area (TPSA) is 53.0 Å². The normalized spacial score (nSPS) is 25.2. The van der Waals surface area contributed by atoms with Gasteiger partial charge in [-0.2, -0.15) is 0 Å². The summed E-state index contributed by atoms with van der Waals surface area (Å²) >= 11 is 12.2. The Morgan fingerprint density at radius 2 is 1.50 bits per heavy atom. The maximum Gasteiger partial charge on any atom is 0.332 e. The van der Waals surface area contributed by atoms with E-state index in [1.54, 1.807) is 53.4 Å². The average Bonchev–Trinajstić information content (AvgIpc) is 3.34. The van der Waals surface area contributed by atoms with Crippen molar-refractivity contribution in [3.05, 3.63) is 94.0 Å². The van der Waals surface area contributed by atoms with Gasteiger partial charge in [0.05, 0.1) is 6.61 Å². The van der Waals surface area contributed by atoms with Crippen LogP contribution in [0.25, 0.3) is 0 Å². The van der Waals surface area contributed by atoms with E-state index in [9.17, 15) is 9.90 Å². The van der Waals surface area contributed by atoms with E-state index in [2.05, 4.69) is 0 Å². The number of carbonyl (C=O) groups excluding carboxylic acids is 1. The molecule has 2 aliphatic heterocycles. The van der Waals surface area contributed by atoms with Crippen molar-refractivity contribution in [3.8, 4) is 0 Å². The summed E-state index contributed by atoms with van der Waals surface area (Å²) in [6, 6.07) is 21.3. The maximum atomic E-state index is 14.1. The Balaban J connectivity index is 1.79. The molecule has 7 heteroatoms. The number of nitrogens with zero attached hydrogens (tertiary/aromatic N) is 2. The molecule has 0 aromatic heterocycles. The Morgan fingerprint density at radius 1 is 0.906 bits per heavy atom. The van der Waals surface area contributed by atoms with Crippen molar-refractivity contribution >= 4 is 40.6 Å². The van der Waals surface area contributed by atoms with Gasteiger partial charge in [-0.25, -0.2) is 4.79 Å². The predicted molar refractivity (Wildman–Crippen MR) is 127 cm³/mol. The van der Waals surface area contributed by atoms with Crippen LogP contribution in [0.15, 0.2) is 72.8 Å². The lowest BCUT2D eigenvalue weighted by molar-refractivity contribution is -0.0212. The van der Waals surface area contributed by atoms with Gasteiger partial charge in [0.15, 0.2) is 5.72 Å². The van der Waals surface area contributed by atoms with Gasteiger partial charge in [0.25, 0.3) is 0 Å². The van der Waals surface area contributed by atoms with Crippen LogP contribution in [0.1, 0.15) is 17.5 Å². The number of aliphatic hydroxyl groups is 1. The second kappa shape index (κ2) is 7.78. The molecule has 0 aliphatic carbocycles. The van der Waals surface area contributed by atoms with E-state index in [-0.39, 0.29) is 12.6 Å². The van der Waals surface area contributed by atoms with Gasteiger partial charge in [-0.05, 0) is 55.5 Å². The fraction of sp³-hybridized carbons (Fsp3) is 0.240. The molecular formula is C25H22Cl2N2O3. The van der Waals surface area contributed by atoms with Gasteiger partial charge in [-0.1, -0.05) is 53.0 Å². The maximum absolute atomic E-state index is 14.1. The number of hydrogen-bond acceptors (Lipinski definition) is 3. The lowest BCUT2D eigenvalue weighted by atomic mass is 9.79. The molecule has 5 nitrogen and oxygen atoms in total. The van der Waals surface area contributed by atoms with Crippen LogP contribution in [0, 0.1) is 6.92 Å². The lowest BCUT2D eigenvalue weighted by Crippen LogP contribution is -2.60. The Bertz CT molecular complexity index is 1160. The molecule has 5 rings (SSSR count). The highest BCUT2D eigenvalue weighted by molar-refractivity contribution is 6.31. The zero-order chi connectivity index (χ0) is 22.5. The summed E-state index contributed by atoms with van der Waals surface area (Å²) in [5.74, 6) is 0. The van der Waals surface area contributed by atoms with Crippen molar-refractivity contribution < 1.29 is 14.6 Å². The van der Waals surface area contributed by atoms with Crippen LogP contribution in [0.4, 0.5) is 16.2 Å². The minimum Gasteiger partial charge on any atom is -0.379 e. The highest BCUT2D eigenvalue weighted by Crippen LogP contribution is 2.54. The molecule has 1 N–H and O–H groups in total. The fourth-order valence-corrected chi connectivity index (χ4v) is 5.14. The number of benzene rings is 3. The molecule has 32 heavy (non-hydrogen) atoms. The summed E-state index contributed by atoms with van der Waals surface area (Å²) < 4.78 is 5.83. The first kappa shape index (κ1) is 21.3. The summed E-state index contributed by atoms with van der Waals surface area (Å²) in [5, 5.41) is 13.7. The van der Waals surface area contributed by atoms with Gasteiger partial charge >= 0.3 is 6.03 Å². The minimum absolute atomic E-state index is 0.190. The number of ether oxygens (including phenoxy) is 1. The molecule has 2 fully saturated rings. The molecule has 3 aromatic carbocycles. The third-order valence-electron chi connectivity index (χ3n) is 6.37. The zero-order valence-electron chi connectivity index (χ0n) is 17.5. The first-order valence-corrected chi connectivity index (χ1v) is 11.2. The molecule has 1 spiro atoms. The second-order valence-corrected chi connectivity index (χ2v) is 9.15. The largest absolute Gasteiger partial charge is 0.379 e. The quantitative estimate of drug-likeness (QED) is 0.531. The number of anilines is 2. The monoisotopic (exact) mass is 468 g/mol. The third kappa shape index (κ3) is 3.04. The molecule has 0 saturated carbocycles. The smallest absolute Gasteiger partial charge is 0.332 e. The van der Waals surface area contributed by atoms with Crippen LogP contribution in [-0.2, 0) is 10.5 Å². The van der Waals surface area contributed by atoms with E-state index >= 15 is 0 Å². The Morgan fingerprint density at radius 3 is 2.03 bits per heavy atom. The SMILES string of the molecule is Cc1cccc([C@@]2(O)N(c3ccc(Cl)cc3)C(=O)N(c3ccc(Cl)cc3)[C@]23CCOC3)c1. The minimum atomic E-state index is -1.68. The highest BCUT2D eigenvalue weighted by atomic mass is 35.5. The molecule has 0 unspecified atom stereocenters. The first-order valence-electron chi connectivity index (χ1n) is 10.4. The molecule has 3 aromatic rings. The molecular weight excluding hydrogens is 447 g/mol. The highest BCUT2D eigenvalue weighted by Gasteiger charge is 2.69. The molecule has 2 saturated heterocycles. The number of carbonyl (C=O) groups is 1. The van der Waals surface area contributed by atoms with Gasteiger partial charge in [-0.15, -0.1) is 0 Å². The molecule has 0 bridgehead atoms.